The molecular formula is C17H18N2O3. The molecule has 114 valence electrons. The van der Waals surface area contributed by atoms with Gasteiger partial charge in [0.25, 0.3) is 0 Å². The Morgan fingerprint density at radius 3 is 2.14 bits per heavy atom. The summed E-state index contributed by atoms with van der Waals surface area (Å²) in [5.74, 6) is -0.564. The third kappa shape index (κ3) is 2.54. The average molecular weight is 298 g/mol. The molecule has 1 heterocycles. The van der Waals surface area contributed by atoms with Gasteiger partial charge in [-0.25, -0.2) is 0 Å². The van der Waals surface area contributed by atoms with Crippen molar-refractivity contribution in [2.45, 2.75) is 19.8 Å². The van der Waals surface area contributed by atoms with Crippen molar-refractivity contribution in [3.05, 3.63) is 42.0 Å². The van der Waals surface area contributed by atoms with Crippen molar-refractivity contribution in [3.8, 4) is 0 Å². The fraction of sp³-hybridized carbons (Fsp3) is 0.353. The van der Waals surface area contributed by atoms with Crippen molar-refractivity contribution >= 4 is 23.3 Å². The van der Waals surface area contributed by atoms with Gasteiger partial charge in [-0.3, -0.25) is 19.3 Å². The SMILES string of the molecule is CC(=O)c1ccc(NCN2C(=O)[C@@H]3CC=CC[C@H]3C2=O)cc1. The summed E-state index contributed by atoms with van der Waals surface area (Å²) in [6.45, 7) is 1.68. The molecule has 22 heavy (non-hydrogen) atoms. The van der Waals surface area contributed by atoms with Crippen LogP contribution >= 0.6 is 0 Å². The number of carbonyl (C=O) groups is 3. The molecule has 2 amide bonds. The van der Waals surface area contributed by atoms with E-state index in [0.29, 0.717) is 18.4 Å². The first kappa shape index (κ1) is 14.5. The van der Waals surface area contributed by atoms with E-state index in [-0.39, 0.29) is 36.1 Å². The number of ketones is 1. The Labute approximate surface area is 129 Å². The van der Waals surface area contributed by atoms with E-state index in [1.165, 1.54) is 11.8 Å². The van der Waals surface area contributed by atoms with Gasteiger partial charge in [0.05, 0.1) is 18.5 Å². The molecule has 0 saturated carbocycles. The largest absolute Gasteiger partial charge is 0.367 e. The summed E-state index contributed by atoms with van der Waals surface area (Å²) in [4.78, 5) is 37.1. The van der Waals surface area contributed by atoms with Gasteiger partial charge in [0, 0.05) is 11.3 Å². The Kier molecular flexibility index (Phi) is 3.79. The minimum atomic E-state index is -0.195. The van der Waals surface area contributed by atoms with Crippen molar-refractivity contribution < 1.29 is 14.4 Å². The standard InChI is InChI=1S/C17H18N2O3/c1-11(20)12-6-8-13(9-7-12)18-10-19-16(21)14-4-2-3-5-15(14)17(19)22/h2-3,6-9,14-15,18H,4-5,10H2,1H3/t14-,15-/m1/s1. The van der Waals surface area contributed by atoms with Crippen molar-refractivity contribution in [2.24, 2.45) is 11.8 Å². The van der Waals surface area contributed by atoms with Gasteiger partial charge in [0.1, 0.15) is 0 Å². The topological polar surface area (TPSA) is 66.5 Å². The van der Waals surface area contributed by atoms with Crippen LogP contribution in [0.4, 0.5) is 5.69 Å². The fourth-order valence-corrected chi connectivity index (χ4v) is 3.02. The van der Waals surface area contributed by atoms with Gasteiger partial charge in [-0.1, -0.05) is 12.2 Å². The van der Waals surface area contributed by atoms with E-state index in [1.54, 1.807) is 24.3 Å². The highest BCUT2D eigenvalue weighted by atomic mass is 16.2. The Bertz CT molecular complexity index is 622. The highest BCUT2D eigenvalue weighted by Gasteiger charge is 2.46. The summed E-state index contributed by atoms with van der Waals surface area (Å²) in [6, 6.07) is 7.00. The molecule has 1 fully saturated rings. The van der Waals surface area contributed by atoms with Crippen LogP contribution in [0.1, 0.15) is 30.1 Å². The van der Waals surface area contributed by atoms with E-state index in [2.05, 4.69) is 5.32 Å². The lowest BCUT2D eigenvalue weighted by Gasteiger charge is -2.16. The zero-order valence-corrected chi connectivity index (χ0v) is 12.4. The van der Waals surface area contributed by atoms with Crippen LogP contribution in [-0.4, -0.2) is 29.2 Å². The third-order valence-electron chi connectivity index (χ3n) is 4.33. The van der Waals surface area contributed by atoms with Crippen LogP contribution in [0.5, 0.6) is 0 Å². The first-order valence-corrected chi connectivity index (χ1v) is 7.43. The van der Waals surface area contributed by atoms with Crippen LogP contribution < -0.4 is 5.32 Å². The molecular weight excluding hydrogens is 280 g/mol. The summed E-state index contributed by atoms with van der Waals surface area (Å²) >= 11 is 0. The molecule has 1 N–H and O–H groups in total. The number of benzene rings is 1. The second-order valence-electron chi connectivity index (χ2n) is 5.73. The lowest BCUT2D eigenvalue weighted by atomic mass is 9.85. The van der Waals surface area contributed by atoms with Crippen LogP contribution in [0.15, 0.2) is 36.4 Å². The smallest absolute Gasteiger partial charge is 0.234 e. The highest BCUT2D eigenvalue weighted by Crippen LogP contribution is 2.34. The maximum absolute atomic E-state index is 12.3. The molecule has 3 rings (SSSR count). The first-order chi connectivity index (χ1) is 10.6. The highest BCUT2D eigenvalue weighted by molar-refractivity contribution is 6.05. The maximum atomic E-state index is 12.3. The summed E-state index contributed by atoms with van der Waals surface area (Å²) < 4.78 is 0. The van der Waals surface area contributed by atoms with Crippen molar-refractivity contribution in [1.29, 1.82) is 0 Å². The molecule has 5 nitrogen and oxygen atoms in total. The third-order valence-corrected chi connectivity index (χ3v) is 4.33. The van der Waals surface area contributed by atoms with Crippen LogP contribution in [0.25, 0.3) is 0 Å². The molecule has 1 aliphatic carbocycles. The first-order valence-electron chi connectivity index (χ1n) is 7.43. The second-order valence-corrected chi connectivity index (χ2v) is 5.73. The molecule has 1 aromatic carbocycles. The van der Waals surface area contributed by atoms with Crippen molar-refractivity contribution in [2.75, 3.05) is 12.0 Å². The van der Waals surface area contributed by atoms with Crippen LogP contribution in [-0.2, 0) is 9.59 Å². The van der Waals surface area contributed by atoms with Crippen molar-refractivity contribution in [1.82, 2.24) is 4.90 Å². The van der Waals surface area contributed by atoms with E-state index in [9.17, 15) is 14.4 Å². The average Bonchev–Trinajstić information content (AvgIpc) is 2.78. The number of carbonyl (C=O) groups excluding carboxylic acids is 3. The molecule has 0 unspecified atom stereocenters. The molecule has 0 spiro atoms. The van der Waals surface area contributed by atoms with E-state index >= 15 is 0 Å². The number of anilines is 1. The predicted octanol–water partition coefficient (Wildman–Crippen LogP) is 2.21. The van der Waals surface area contributed by atoms with Gasteiger partial charge >= 0.3 is 0 Å². The molecule has 2 aliphatic rings. The normalized spacial score (nSPS) is 23.6. The predicted molar refractivity (Wildman–Crippen MR) is 82.1 cm³/mol. The summed E-state index contributed by atoms with van der Waals surface area (Å²) in [6.07, 6.45) is 5.26. The number of imide groups is 1. The van der Waals surface area contributed by atoms with Crippen LogP contribution in [0.3, 0.4) is 0 Å². The van der Waals surface area contributed by atoms with Gasteiger partial charge in [-0.15, -0.1) is 0 Å². The van der Waals surface area contributed by atoms with Gasteiger partial charge in [0.15, 0.2) is 5.78 Å². The Morgan fingerprint density at radius 2 is 1.64 bits per heavy atom. The Balaban J connectivity index is 1.65. The van der Waals surface area contributed by atoms with E-state index in [4.69, 9.17) is 0 Å². The zero-order chi connectivity index (χ0) is 15.7. The molecule has 0 radical (unpaired) electrons. The minimum absolute atomic E-state index is 0.00743. The fourth-order valence-electron chi connectivity index (χ4n) is 3.02. The molecule has 5 heteroatoms. The lowest BCUT2D eigenvalue weighted by molar-refractivity contribution is -0.139. The molecule has 0 aromatic heterocycles. The number of amides is 2. The molecule has 0 bridgehead atoms. The maximum Gasteiger partial charge on any atom is 0.234 e. The number of allylic oxidation sites excluding steroid dienone is 2. The van der Waals surface area contributed by atoms with Gasteiger partial charge in [-0.05, 0) is 44.0 Å². The number of nitrogens with one attached hydrogen (secondary N) is 1. The zero-order valence-electron chi connectivity index (χ0n) is 12.4. The van der Waals surface area contributed by atoms with Crippen LogP contribution in [0.2, 0.25) is 0 Å². The van der Waals surface area contributed by atoms with Gasteiger partial charge < -0.3 is 5.32 Å². The molecule has 1 aliphatic heterocycles. The number of hydrogen-bond acceptors (Lipinski definition) is 4. The monoisotopic (exact) mass is 298 g/mol. The van der Waals surface area contributed by atoms with E-state index < -0.39 is 0 Å². The number of fused-ring (bicyclic) bond motifs is 1. The molecule has 2 atom stereocenters. The second kappa shape index (κ2) is 5.75. The lowest BCUT2D eigenvalue weighted by Crippen LogP contribution is -2.35. The summed E-state index contributed by atoms with van der Waals surface area (Å²) in [5.41, 5.74) is 1.41. The summed E-state index contributed by atoms with van der Waals surface area (Å²) in [7, 11) is 0. The number of likely N-dealkylation sites (tertiary alicyclic amines) is 1. The van der Waals surface area contributed by atoms with Gasteiger partial charge in [0.2, 0.25) is 11.8 Å². The van der Waals surface area contributed by atoms with Crippen LogP contribution in [0, 0.1) is 11.8 Å². The molecule has 1 saturated heterocycles. The van der Waals surface area contributed by atoms with Crippen molar-refractivity contribution in [3.63, 3.8) is 0 Å². The van der Waals surface area contributed by atoms with Gasteiger partial charge in [-0.2, -0.15) is 0 Å². The number of rotatable bonds is 4. The van der Waals surface area contributed by atoms with E-state index in [0.717, 1.165) is 5.69 Å². The summed E-state index contributed by atoms with van der Waals surface area (Å²) in [5, 5.41) is 3.08. The molecule has 1 aromatic rings. The van der Waals surface area contributed by atoms with E-state index in [1.807, 2.05) is 12.2 Å². The Hall–Kier alpha value is -2.43. The quantitative estimate of drug-likeness (QED) is 0.526. The number of nitrogens with zero attached hydrogens (tertiary/aromatic N) is 1. The Morgan fingerprint density at radius 1 is 1.09 bits per heavy atom. The minimum Gasteiger partial charge on any atom is -0.367 e. The number of Topliss-reactive ketones (excluding diaryl/α,β-unsaturated/α-hetero) is 1. The number of hydrogen-bond donors (Lipinski definition) is 1.